The van der Waals surface area contributed by atoms with Crippen LogP contribution in [0.15, 0.2) is 91.0 Å². The summed E-state index contributed by atoms with van der Waals surface area (Å²) in [4.78, 5) is 15.3. The Balaban J connectivity index is 1.36. The molecule has 4 aromatic carbocycles. The molecule has 0 radical (unpaired) electrons. The Morgan fingerprint density at radius 3 is 2.46 bits per heavy atom. The summed E-state index contributed by atoms with van der Waals surface area (Å²) < 4.78 is 20.8. The molecule has 1 aliphatic rings. The molecule has 0 unspecified atom stereocenters. The van der Waals surface area contributed by atoms with Gasteiger partial charge in [-0.15, -0.1) is 0 Å². The zero-order valence-electron chi connectivity index (χ0n) is 22.2. The number of carbonyl (C=O) groups is 1. The number of ether oxygens (including phenoxy) is 1. The average molecular weight is 551 g/mol. The number of halogens is 1. The SMILES string of the molecule is COc1ccc(Cn2nc(-c3ccccc3)cc2Nc2cc(O)cc(O)c2C(=O)N2Cc3ccc(F)cc3C2)cc1. The average Bonchev–Trinajstić information content (AvgIpc) is 3.57. The number of hydrogen-bond donors (Lipinski definition) is 3. The van der Waals surface area contributed by atoms with Gasteiger partial charge in [0.1, 0.15) is 34.4 Å². The predicted octanol–water partition coefficient (Wildman–Crippen LogP) is 6.06. The quantitative estimate of drug-likeness (QED) is 0.228. The van der Waals surface area contributed by atoms with Gasteiger partial charge in [-0.1, -0.05) is 48.5 Å². The van der Waals surface area contributed by atoms with E-state index in [1.807, 2.05) is 60.7 Å². The van der Waals surface area contributed by atoms with Crippen molar-refractivity contribution in [3.63, 3.8) is 0 Å². The Bertz CT molecular complexity index is 1740. The molecule has 3 N–H and O–H groups in total. The largest absolute Gasteiger partial charge is 0.508 e. The highest BCUT2D eigenvalue weighted by Crippen LogP contribution is 2.37. The van der Waals surface area contributed by atoms with Crippen molar-refractivity contribution in [1.29, 1.82) is 0 Å². The van der Waals surface area contributed by atoms with Gasteiger partial charge in [-0.2, -0.15) is 5.10 Å². The van der Waals surface area contributed by atoms with E-state index in [1.54, 1.807) is 17.9 Å². The fourth-order valence-corrected chi connectivity index (χ4v) is 5.03. The Kier molecular flexibility index (Phi) is 6.76. The van der Waals surface area contributed by atoms with Gasteiger partial charge >= 0.3 is 0 Å². The number of aromatic hydroxyl groups is 2. The van der Waals surface area contributed by atoms with E-state index in [0.29, 0.717) is 18.1 Å². The van der Waals surface area contributed by atoms with E-state index in [9.17, 15) is 19.4 Å². The van der Waals surface area contributed by atoms with Crippen LogP contribution in [0.2, 0.25) is 0 Å². The maximum atomic E-state index is 13.8. The number of benzene rings is 4. The highest BCUT2D eigenvalue weighted by atomic mass is 19.1. The predicted molar refractivity (Wildman–Crippen MR) is 153 cm³/mol. The highest BCUT2D eigenvalue weighted by molar-refractivity contribution is 6.03. The van der Waals surface area contributed by atoms with Crippen molar-refractivity contribution in [3.8, 4) is 28.5 Å². The molecule has 9 heteroatoms. The first-order chi connectivity index (χ1) is 19.9. The zero-order valence-corrected chi connectivity index (χ0v) is 22.2. The third-order valence-electron chi connectivity index (χ3n) is 7.10. The molecule has 0 spiro atoms. The second-order valence-electron chi connectivity index (χ2n) is 9.87. The third kappa shape index (κ3) is 5.29. The summed E-state index contributed by atoms with van der Waals surface area (Å²) in [6.45, 7) is 0.890. The number of nitrogens with one attached hydrogen (secondary N) is 1. The van der Waals surface area contributed by atoms with Crippen LogP contribution in [0.5, 0.6) is 17.2 Å². The van der Waals surface area contributed by atoms with Crippen LogP contribution in [0.3, 0.4) is 0 Å². The van der Waals surface area contributed by atoms with Gasteiger partial charge in [0.15, 0.2) is 0 Å². The standard InChI is InChI=1S/C32H27FN4O4/c1-41-26-11-7-20(8-12-26)17-37-30(16-27(35-37)21-5-3-2-4-6-21)34-28-14-25(38)15-29(39)31(28)32(40)36-18-22-9-10-24(33)13-23(22)19-36/h2-16,34,38-39H,17-19H2,1H3. The Morgan fingerprint density at radius 2 is 1.71 bits per heavy atom. The molecular formula is C32H27FN4O4. The summed E-state index contributed by atoms with van der Waals surface area (Å²) in [5.74, 6) is -0.117. The maximum Gasteiger partial charge on any atom is 0.260 e. The molecule has 6 rings (SSSR count). The van der Waals surface area contributed by atoms with Gasteiger partial charge < -0.3 is 25.2 Å². The number of aromatic nitrogens is 2. The monoisotopic (exact) mass is 550 g/mol. The minimum absolute atomic E-state index is 0.00506. The summed E-state index contributed by atoms with van der Waals surface area (Å²) in [7, 11) is 1.61. The van der Waals surface area contributed by atoms with Crippen LogP contribution >= 0.6 is 0 Å². The minimum atomic E-state index is -0.453. The van der Waals surface area contributed by atoms with Crippen LogP contribution in [0, 0.1) is 5.82 Å². The molecule has 8 nitrogen and oxygen atoms in total. The van der Waals surface area contributed by atoms with Crippen molar-refractivity contribution in [2.75, 3.05) is 12.4 Å². The Labute approximate surface area is 235 Å². The fourth-order valence-electron chi connectivity index (χ4n) is 5.03. The lowest BCUT2D eigenvalue weighted by Gasteiger charge is -2.20. The van der Waals surface area contributed by atoms with E-state index < -0.39 is 5.91 Å². The summed E-state index contributed by atoms with van der Waals surface area (Å²) in [5.41, 5.74) is 4.35. The summed E-state index contributed by atoms with van der Waals surface area (Å²) >= 11 is 0. The van der Waals surface area contributed by atoms with E-state index in [4.69, 9.17) is 9.84 Å². The summed E-state index contributed by atoms with van der Waals surface area (Å²) in [6, 6.07) is 26.1. The smallest absolute Gasteiger partial charge is 0.260 e. The van der Waals surface area contributed by atoms with E-state index in [-0.39, 0.29) is 41.7 Å². The molecule has 5 aromatic rings. The molecule has 1 aromatic heterocycles. The normalized spacial score (nSPS) is 12.3. The van der Waals surface area contributed by atoms with Gasteiger partial charge in [-0.25, -0.2) is 9.07 Å². The lowest BCUT2D eigenvalue weighted by Crippen LogP contribution is -2.26. The second kappa shape index (κ2) is 10.7. The van der Waals surface area contributed by atoms with Crippen LogP contribution in [0.4, 0.5) is 15.9 Å². The van der Waals surface area contributed by atoms with Crippen molar-refractivity contribution in [2.24, 2.45) is 0 Å². The van der Waals surface area contributed by atoms with Crippen molar-refractivity contribution >= 4 is 17.4 Å². The van der Waals surface area contributed by atoms with Crippen LogP contribution < -0.4 is 10.1 Å². The van der Waals surface area contributed by atoms with Crippen LogP contribution in [-0.4, -0.2) is 37.9 Å². The van der Waals surface area contributed by atoms with Crippen LogP contribution in [-0.2, 0) is 19.6 Å². The lowest BCUT2D eigenvalue weighted by molar-refractivity contribution is 0.0749. The zero-order chi connectivity index (χ0) is 28.5. The number of rotatable bonds is 7. The number of amides is 1. The molecule has 0 saturated carbocycles. The summed E-state index contributed by atoms with van der Waals surface area (Å²) in [6.07, 6.45) is 0. The van der Waals surface area contributed by atoms with Gasteiger partial charge in [0.25, 0.3) is 5.91 Å². The van der Waals surface area contributed by atoms with Crippen LogP contribution in [0.25, 0.3) is 11.3 Å². The first kappa shape index (κ1) is 25.9. The number of phenolic OH excluding ortho intramolecular Hbond substituents is 2. The number of nitrogens with zero attached hydrogens (tertiary/aromatic N) is 3. The molecule has 1 amide bonds. The van der Waals surface area contributed by atoms with Crippen molar-refractivity contribution in [1.82, 2.24) is 14.7 Å². The molecule has 0 atom stereocenters. The minimum Gasteiger partial charge on any atom is -0.508 e. The number of hydrogen-bond acceptors (Lipinski definition) is 6. The second-order valence-corrected chi connectivity index (χ2v) is 9.87. The van der Waals surface area contributed by atoms with Gasteiger partial charge in [0.05, 0.1) is 25.0 Å². The van der Waals surface area contributed by atoms with Crippen molar-refractivity contribution < 1.29 is 24.1 Å². The van der Waals surface area contributed by atoms with Gasteiger partial charge in [-0.05, 0) is 41.0 Å². The molecule has 0 saturated heterocycles. The van der Waals surface area contributed by atoms with Crippen LogP contribution in [0.1, 0.15) is 27.0 Å². The number of phenols is 2. The van der Waals surface area contributed by atoms with E-state index in [1.165, 1.54) is 23.1 Å². The maximum absolute atomic E-state index is 13.8. The fraction of sp³-hybridized carbons (Fsp3) is 0.125. The van der Waals surface area contributed by atoms with E-state index in [2.05, 4.69) is 5.32 Å². The van der Waals surface area contributed by atoms with E-state index in [0.717, 1.165) is 34.1 Å². The first-order valence-corrected chi connectivity index (χ1v) is 13.0. The van der Waals surface area contributed by atoms with Crippen molar-refractivity contribution in [3.05, 3.63) is 119 Å². The summed E-state index contributed by atoms with van der Waals surface area (Å²) in [5, 5.41) is 29.2. The molecule has 0 aliphatic carbocycles. The number of anilines is 2. The van der Waals surface area contributed by atoms with Crippen molar-refractivity contribution in [2.45, 2.75) is 19.6 Å². The van der Waals surface area contributed by atoms with Gasteiger partial charge in [0.2, 0.25) is 0 Å². The molecule has 206 valence electrons. The number of carbonyl (C=O) groups excluding carboxylic acids is 1. The molecule has 0 fully saturated rings. The van der Waals surface area contributed by atoms with Gasteiger partial charge in [-0.3, -0.25) is 4.79 Å². The molecule has 41 heavy (non-hydrogen) atoms. The van der Waals surface area contributed by atoms with Gasteiger partial charge in [0, 0.05) is 36.9 Å². The first-order valence-electron chi connectivity index (χ1n) is 13.0. The van der Waals surface area contributed by atoms with E-state index >= 15 is 0 Å². The Morgan fingerprint density at radius 1 is 0.951 bits per heavy atom. The lowest BCUT2D eigenvalue weighted by atomic mass is 10.1. The molecule has 0 bridgehead atoms. The number of fused-ring (bicyclic) bond motifs is 1. The highest BCUT2D eigenvalue weighted by Gasteiger charge is 2.29. The topological polar surface area (TPSA) is 99.9 Å². The molecular weight excluding hydrogens is 523 g/mol. The molecule has 2 heterocycles. The molecule has 1 aliphatic heterocycles. The third-order valence-corrected chi connectivity index (χ3v) is 7.10. The Hall–Kier alpha value is -5.31. The number of methoxy groups -OCH3 is 1.